The molecular formula is C18H23BrN2O4. The van der Waals surface area contributed by atoms with E-state index in [0.717, 1.165) is 16.0 Å². The van der Waals surface area contributed by atoms with Crippen LogP contribution in [0.5, 0.6) is 17.5 Å². The number of hydrogen-bond acceptors (Lipinski definition) is 5. The first-order valence-corrected chi connectivity index (χ1v) is 9.13. The van der Waals surface area contributed by atoms with Gasteiger partial charge in [0, 0.05) is 6.42 Å². The molecule has 0 amide bonds. The molecule has 7 heteroatoms. The molecule has 2 aromatic rings. The van der Waals surface area contributed by atoms with E-state index < -0.39 is 0 Å². The van der Waals surface area contributed by atoms with Crippen molar-refractivity contribution < 1.29 is 18.9 Å². The highest BCUT2D eigenvalue weighted by Crippen LogP contribution is 2.24. The lowest BCUT2D eigenvalue weighted by Gasteiger charge is -2.15. The van der Waals surface area contributed by atoms with Gasteiger partial charge in [-0.2, -0.15) is 0 Å². The average Bonchev–Trinajstić information content (AvgIpc) is 2.62. The molecular weight excluding hydrogens is 388 g/mol. The van der Waals surface area contributed by atoms with Gasteiger partial charge in [0.15, 0.2) is 5.69 Å². The number of aromatic nitrogens is 2. The summed E-state index contributed by atoms with van der Waals surface area (Å²) in [5.41, 5.74) is 1.95. The topological polar surface area (TPSA) is 67.5 Å². The SMILES string of the molecule is COc1ccc(COc2nc(CBr)c(OC)[n+]([O-])c2CC(C)C)cc1. The molecule has 6 nitrogen and oxygen atoms in total. The minimum absolute atomic E-state index is 0.198. The Balaban J connectivity index is 2.31. The zero-order valence-corrected chi connectivity index (χ0v) is 16.5. The van der Waals surface area contributed by atoms with Gasteiger partial charge in [0.1, 0.15) is 12.4 Å². The van der Waals surface area contributed by atoms with Gasteiger partial charge in [-0.25, -0.2) is 4.98 Å². The third-order valence-corrected chi connectivity index (χ3v) is 4.15. The molecule has 2 rings (SSSR count). The van der Waals surface area contributed by atoms with E-state index in [2.05, 4.69) is 20.9 Å². The lowest BCUT2D eigenvalue weighted by molar-refractivity contribution is -0.622. The second-order valence-electron chi connectivity index (χ2n) is 5.98. The van der Waals surface area contributed by atoms with Gasteiger partial charge in [0.05, 0.1) is 19.5 Å². The number of alkyl halides is 1. The molecule has 0 bridgehead atoms. The third-order valence-electron chi connectivity index (χ3n) is 3.62. The van der Waals surface area contributed by atoms with Gasteiger partial charge in [-0.15, -0.1) is 4.73 Å². The molecule has 0 saturated carbocycles. The average molecular weight is 411 g/mol. The molecule has 0 radical (unpaired) electrons. The summed E-state index contributed by atoms with van der Waals surface area (Å²) in [5.74, 6) is 1.61. The fourth-order valence-electron chi connectivity index (χ4n) is 2.40. The summed E-state index contributed by atoms with van der Waals surface area (Å²) in [6, 6.07) is 7.57. The zero-order chi connectivity index (χ0) is 18.4. The number of nitrogens with zero attached hydrogens (tertiary/aromatic N) is 2. The van der Waals surface area contributed by atoms with E-state index in [1.807, 2.05) is 38.1 Å². The van der Waals surface area contributed by atoms with E-state index >= 15 is 0 Å². The molecule has 0 N–H and O–H groups in total. The van der Waals surface area contributed by atoms with Crippen molar-refractivity contribution in [2.24, 2.45) is 5.92 Å². The molecule has 1 aromatic heterocycles. The first-order chi connectivity index (χ1) is 12.0. The van der Waals surface area contributed by atoms with Gasteiger partial charge in [-0.05, 0) is 23.6 Å². The number of ether oxygens (including phenoxy) is 3. The molecule has 0 aliphatic heterocycles. The summed E-state index contributed by atoms with van der Waals surface area (Å²) in [6.45, 7) is 4.40. The maximum Gasteiger partial charge on any atom is 0.402 e. The third kappa shape index (κ3) is 4.75. The first kappa shape index (κ1) is 19.3. The molecule has 0 fully saturated rings. The van der Waals surface area contributed by atoms with Crippen molar-refractivity contribution >= 4 is 15.9 Å². The number of halogens is 1. The van der Waals surface area contributed by atoms with E-state index in [9.17, 15) is 5.21 Å². The minimum atomic E-state index is 0.198. The van der Waals surface area contributed by atoms with Gasteiger partial charge >= 0.3 is 5.88 Å². The highest BCUT2D eigenvalue weighted by atomic mass is 79.9. The molecule has 0 aliphatic carbocycles. The predicted molar refractivity (Wildman–Crippen MR) is 98.2 cm³/mol. The molecule has 0 atom stereocenters. The van der Waals surface area contributed by atoms with E-state index in [1.54, 1.807) is 7.11 Å². The van der Waals surface area contributed by atoms with Crippen LogP contribution in [-0.4, -0.2) is 19.2 Å². The lowest BCUT2D eigenvalue weighted by Crippen LogP contribution is -2.37. The van der Waals surface area contributed by atoms with Crippen molar-refractivity contribution in [3.05, 3.63) is 46.4 Å². The fourth-order valence-corrected chi connectivity index (χ4v) is 2.76. The normalized spacial score (nSPS) is 10.8. The molecule has 25 heavy (non-hydrogen) atoms. The highest BCUT2D eigenvalue weighted by molar-refractivity contribution is 9.08. The summed E-state index contributed by atoms with van der Waals surface area (Å²) in [7, 11) is 3.09. The van der Waals surface area contributed by atoms with E-state index in [-0.39, 0.29) is 11.8 Å². The smallest absolute Gasteiger partial charge is 0.402 e. The van der Waals surface area contributed by atoms with Crippen LogP contribution in [-0.2, 0) is 18.4 Å². The fraction of sp³-hybridized carbons (Fsp3) is 0.444. The van der Waals surface area contributed by atoms with Crippen molar-refractivity contribution in [2.75, 3.05) is 14.2 Å². The van der Waals surface area contributed by atoms with Gasteiger partial charge in [-0.1, -0.05) is 41.9 Å². The number of hydrogen-bond donors (Lipinski definition) is 0. The van der Waals surface area contributed by atoms with Crippen molar-refractivity contribution in [3.8, 4) is 17.5 Å². The van der Waals surface area contributed by atoms with Gasteiger partial charge < -0.3 is 19.4 Å². The van der Waals surface area contributed by atoms with Gasteiger partial charge in [0.2, 0.25) is 0 Å². The molecule has 1 heterocycles. The summed E-state index contributed by atoms with van der Waals surface area (Å²) < 4.78 is 17.0. The number of methoxy groups -OCH3 is 2. The minimum Gasteiger partial charge on any atom is -0.616 e. The Morgan fingerprint density at radius 2 is 1.84 bits per heavy atom. The Bertz CT molecular complexity index is 705. The quantitative estimate of drug-likeness (QED) is 0.378. The lowest BCUT2D eigenvalue weighted by atomic mass is 10.1. The molecule has 0 aliphatic rings. The van der Waals surface area contributed by atoms with Crippen LogP contribution in [0.1, 0.15) is 30.8 Å². The van der Waals surface area contributed by atoms with Crippen molar-refractivity contribution in [2.45, 2.75) is 32.2 Å². The van der Waals surface area contributed by atoms with Crippen LogP contribution in [0.3, 0.4) is 0 Å². The molecule has 1 aromatic carbocycles. The zero-order valence-electron chi connectivity index (χ0n) is 14.9. The Morgan fingerprint density at radius 3 is 2.36 bits per heavy atom. The predicted octanol–water partition coefficient (Wildman–Crippen LogP) is 3.40. The Labute approximate surface area is 156 Å². The molecule has 136 valence electrons. The molecule has 0 saturated heterocycles. The van der Waals surface area contributed by atoms with Crippen LogP contribution in [0.25, 0.3) is 0 Å². The number of rotatable bonds is 8. The van der Waals surface area contributed by atoms with E-state index in [4.69, 9.17) is 14.2 Å². The van der Waals surface area contributed by atoms with E-state index in [0.29, 0.717) is 35.6 Å². The Kier molecular flexibility index (Phi) is 6.87. The van der Waals surface area contributed by atoms with Crippen molar-refractivity contribution in [1.29, 1.82) is 0 Å². The van der Waals surface area contributed by atoms with E-state index in [1.165, 1.54) is 7.11 Å². The van der Waals surface area contributed by atoms with Crippen molar-refractivity contribution in [3.63, 3.8) is 0 Å². The largest absolute Gasteiger partial charge is 0.616 e. The second kappa shape index (κ2) is 8.89. The highest BCUT2D eigenvalue weighted by Gasteiger charge is 2.26. The van der Waals surface area contributed by atoms with Crippen LogP contribution in [0.2, 0.25) is 0 Å². The maximum atomic E-state index is 12.7. The summed E-state index contributed by atoms with van der Waals surface area (Å²) >= 11 is 3.34. The summed E-state index contributed by atoms with van der Waals surface area (Å²) in [5, 5.41) is 13.1. The molecule has 0 unspecified atom stereocenters. The van der Waals surface area contributed by atoms with Crippen molar-refractivity contribution in [1.82, 2.24) is 4.98 Å². The summed E-state index contributed by atoms with van der Waals surface area (Å²) in [4.78, 5) is 4.49. The Morgan fingerprint density at radius 1 is 1.16 bits per heavy atom. The standard InChI is InChI=1S/C18H23BrN2O4/c1-12(2)9-16-17(20-15(10-19)18(24-4)21(16)22)25-11-13-5-7-14(23-3)8-6-13/h5-8,12H,9-11H2,1-4H3. The van der Waals surface area contributed by atoms with Crippen LogP contribution >= 0.6 is 15.9 Å². The van der Waals surface area contributed by atoms with Crippen LogP contribution in [0.15, 0.2) is 24.3 Å². The maximum absolute atomic E-state index is 12.7. The summed E-state index contributed by atoms with van der Waals surface area (Å²) in [6.07, 6.45) is 0.549. The monoisotopic (exact) mass is 410 g/mol. The number of benzene rings is 1. The van der Waals surface area contributed by atoms with Crippen LogP contribution in [0, 0.1) is 11.1 Å². The van der Waals surface area contributed by atoms with Gasteiger partial charge in [0.25, 0.3) is 11.6 Å². The van der Waals surface area contributed by atoms with Gasteiger partial charge in [-0.3, -0.25) is 0 Å². The molecule has 0 spiro atoms. The Hall–Kier alpha value is -2.02. The first-order valence-electron chi connectivity index (χ1n) is 8.01. The second-order valence-corrected chi connectivity index (χ2v) is 6.54. The van der Waals surface area contributed by atoms with Crippen LogP contribution in [0.4, 0.5) is 0 Å². The van der Waals surface area contributed by atoms with Crippen LogP contribution < -0.4 is 18.9 Å².